The fraction of sp³-hybridized carbons (Fsp3) is 0.280. The van der Waals surface area contributed by atoms with Crippen molar-refractivity contribution in [3.05, 3.63) is 101 Å². The first kappa shape index (κ1) is 16.9. The van der Waals surface area contributed by atoms with Crippen molar-refractivity contribution in [3.8, 4) is 0 Å². The summed E-state index contributed by atoms with van der Waals surface area (Å²) in [5.41, 5.74) is 6.89. The molecule has 0 bridgehead atoms. The molecule has 0 radical (unpaired) electrons. The van der Waals surface area contributed by atoms with Gasteiger partial charge in [0.25, 0.3) is 0 Å². The summed E-state index contributed by atoms with van der Waals surface area (Å²) in [6.45, 7) is 5.77. The van der Waals surface area contributed by atoms with E-state index in [1.54, 1.807) is 0 Å². The molecule has 1 heterocycles. The lowest BCUT2D eigenvalue weighted by atomic mass is 9.79. The number of nitrogens with one attached hydrogen (secondary N) is 1. The van der Waals surface area contributed by atoms with Crippen LogP contribution in [0.5, 0.6) is 0 Å². The van der Waals surface area contributed by atoms with Gasteiger partial charge in [-0.05, 0) is 46.6 Å². The van der Waals surface area contributed by atoms with Crippen molar-refractivity contribution in [1.29, 1.82) is 0 Å². The smallest absolute Gasteiger partial charge is 0.0375 e. The highest BCUT2D eigenvalue weighted by atomic mass is 14.9. The first-order chi connectivity index (χ1) is 12.7. The topological polar surface area (TPSA) is 12.0 Å². The van der Waals surface area contributed by atoms with Crippen LogP contribution in [-0.4, -0.2) is 6.54 Å². The van der Waals surface area contributed by atoms with Crippen molar-refractivity contribution >= 4 is 5.69 Å². The fourth-order valence-corrected chi connectivity index (χ4v) is 4.31. The first-order valence-electron chi connectivity index (χ1n) is 9.71. The predicted molar refractivity (Wildman–Crippen MR) is 111 cm³/mol. The van der Waals surface area contributed by atoms with Crippen LogP contribution in [0.1, 0.15) is 54.4 Å². The largest absolute Gasteiger partial charge is 0.385 e. The Morgan fingerprint density at radius 3 is 1.96 bits per heavy atom. The third-order valence-corrected chi connectivity index (χ3v) is 5.65. The zero-order chi connectivity index (χ0) is 17.9. The van der Waals surface area contributed by atoms with Gasteiger partial charge in [0.1, 0.15) is 0 Å². The lowest BCUT2D eigenvalue weighted by molar-refractivity contribution is 0.469. The second-order valence-electron chi connectivity index (χ2n) is 7.67. The van der Waals surface area contributed by atoms with E-state index in [9.17, 15) is 0 Å². The minimum Gasteiger partial charge on any atom is -0.385 e. The van der Waals surface area contributed by atoms with Crippen LogP contribution >= 0.6 is 0 Å². The Hall–Kier alpha value is -2.54. The molecule has 1 atom stereocenters. The van der Waals surface area contributed by atoms with Gasteiger partial charge in [-0.25, -0.2) is 0 Å². The molecular weight excluding hydrogens is 314 g/mol. The lowest BCUT2D eigenvalue weighted by Crippen LogP contribution is -2.20. The summed E-state index contributed by atoms with van der Waals surface area (Å²) in [5.74, 6) is 1.58. The second-order valence-corrected chi connectivity index (χ2v) is 7.67. The predicted octanol–water partition coefficient (Wildman–Crippen LogP) is 6.42. The molecule has 3 aromatic rings. The Balaban J connectivity index is 1.83. The maximum atomic E-state index is 3.59. The molecule has 0 amide bonds. The van der Waals surface area contributed by atoms with Gasteiger partial charge >= 0.3 is 0 Å². The van der Waals surface area contributed by atoms with E-state index < -0.39 is 0 Å². The van der Waals surface area contributed by atoms with Gasteiger partial charge in [0.2, 0.25) is 0 Å². The van der Waals surface area contributed by atoms with Gasteiger partial charge in [0.15, 0.2) is 0 Å². The summed E-state index contributed by atoms with van der Waals surface area (Å²) >= 11 is 0. The monoisotopic (exact) mass is 341 g/mol. The molecule has 132 valence electrons. The highest BCUT2D eigenvalue weighted by molar-refractivity contribution is 5.58. The molecule has 0 fully saturated rings. The molecule has 1 unspecified atom stereocenters. The molecule has 0 spiro atoms. The van der Waals surface area contributed by atoms with Gasteiger partial charge in [-0.15, -0.1) is 0 Å². The van der Waals surface area contributed by atoms with Crippen LogP contribution in [0.2, 0.25) is 0 Å². The molecule has 0 saturated heterocycles. The zero-order valence-electron chi connectivity index (χ0n) is 15.7. The molecule has 3 aromatic carbocycles. The normalized spacial score (nSPS) is 16.4. The maximum absolute atomic E-state index is 3.59. The third-order valence-electron chi connectivity index (χ3n) is 5.65. The van der Waals surface area contributed by atoms with Gasteiger partial charge in [-0.3, -0.25) is 0 Å². The van der Waals surface area contributed by atoms with E-state index in [0.29, 0.717) is 11.8 Å². The number of benzene rings is 3. The van der Waals surface area contributed by atoms with Crippen molar-refractivity contribution in [1.82, 2.24) is 0 Å². The summed E-state index contributed by atoms with van der Waals surface area (Å²) < 4.78 is 0. The summed E-state index contributed by atoms with van der Waals surface area (Å²) in [4.78, 5) is 0. The highest BCUT2D eigenvalue weighted by Gasteiger charge is 2.25. The first-order valence-corrected chi connectivity index (χ1v) is 9.71. The molecule has 1 nitrogen and oxygen atoms in total. The molecule has 26 heavy (non-hydrogen) atoms. The molecule has 4 rings (SSSR count). The van der Waals surface area contributed by atoms with E-state index in [1.165, 1.54) is 34.4 Å². The summed E-state index contributed by atoms with van der Waals surface area (Å²) in [5, 5.41) is 3.59. The molecule has 0 aromatic heterocycles. The van der Waals surface area contributed by atoms with Gasteiger partial charge in [0.05, 0.1) is 0 Å². The average Bonchev–Trinajstić information content (AvgIpc) is 2.69. The van der Waals surface area contributed by atoms with Gasteiger partial charge in [-0.1, -0.05) is 86.6 Å². The molecule has 0 aliphatic carbocycles. The van der Waals surface area contributed by atoms with E-state index in [0.717, 1.165) is 6.54 Å². The van der Waals surface area contributed by atoms with E-state index >= 15 is 0 Å². The quantitative estimate of drug-likeness (QED) is 0.540. The van der Waals surface area contributed by atoms with Crippen LogP contribution in [0.25, 0.3) is 0 Å². The summed E-state index contributed by atoms with van der Waals surface area (Å²) in [7, 11) is 0. The van der Waals surface area contributed by atoms with Crippen LogP contribution in [0.15, 0.2) is 78.9 Å². The number of rotatable bonds is 4. The Morgan fingerprint density at radius 1 is 0.769 bits per heavy atom. The molecule has 1 heteroatoms. The highest BCUT2D eigenvalue weighted by Crippen LogP contribution is 2.40. The maximum Gasteiger partial charge on any atom is 0.0375 e. The molecular formula is C25H27N. The summed E-state index contributed by atoms with van der Waals surface area (Å²) in [6.07, 6.45) is 1.22. The van der Waals surface area contributed by atoms with Crippen molar-refractivity contribution in [2.24, 2.45) is 5.92 Å². The van der Waals surface area contributed by atoms with E-state index in [2.05, 4.69) is 98.0 Å². The number of anilines is 1. The molecule has 1 N–H and O–H groups in total. The van der Waals surface area contributed by atoms with E-state index in [-0.39, 0.29) is 5.92 Å². The minimum atomic E-state index is 0.275. The SMILES string of the molecule is CC(C)C1CCNc2ccc(C(c3ccccc3)c3ccccc3)cc21. The molecule has 1 aliphatic rings. The van der Waals surface area contributed by atoms with Crippen LogP contribution in [0.4, 0.5) is 5.69 Å². The van der Waals surface area contributed by atoms with Gasteiger partial charge in [0, 0.05) is 18.2 Å². The third kappa shape index (κ3) is 3.26. The van der Waals surface area contributed by atoms with Crippen molar-refractivity contribution in [2.45, 2.75) is 32.1 Å². The van der Waals surface area contributed by atoms with E-state index in [4.69, 9.17) is 0 Å². The van der Waals surface area contributed by atoms with Crippen molar-refractivity contribution < 1.29 is 0 Å². The fourth-order valence-electron chi connectivity index (χ4n) is 4.31. The summed E-state index contributed by atoms with van der Waals surface area (Å²) in [6, 6.07) is 28.8. The standard InChI is InChI=1S/C25H27N/c1-18(2)22-15-16-26-24-14-13-21(17-23(22)24)25(19-9-5-3-6-10-19)20-11-7-4-8-12-20/h3-14,17-18,22,25-26H,15-16H2,1-2H3. The lowest BCUT2D eigenvalue weighted by Gasteiger charge is -2.31. The average molecular weight is 341 g/mol. The van der Waals surface area contributed by atoms with Gasteiger partial charge in [-0.2, -0.15) is 0 Å². The second kappa shape index (κ2) is 7.37. The van der Waals surface area contributed by atoms with Crippen LogP contribution in [-0.2, 0) is 0 Å². The minimum absolute atomic E-state index is 0.275. The Bertz CT molecular complexity index is 812. The number of fused-ring (bicyclic) bond motifs is 1. The van der Waals surface area contributed by atoms with Gasteiger partial charge < -0.3 is 5.32 Å². The molecule has 1 aliphatic heterocycles. The van der Waals surface area contributed by atoms with Crippen molar-refractivity contribution in [3.63, 3.8) is 0 Å². The number of hydrogen-bond donors (Lipinski definition) is 1. The number of hydrogen-bond acceptors (Lipinski definition) is 1. The van der Waals surface area contributed by atoms with Crippen LogP contribution in [0.3, 0.4) is 0 Å². The Labute approximate surface area is 157 Å². The molecule has 0 saturated carbocycles. The Morgan fingerprint density at radius 2 is 1.38 bits per heavy atom. The van der Waals surface area contributed by atoms with Crippen molar-refractivity contribution in [2.75, 3.05) is 11.9 Å². The zero-order valence-corrected chi connectivity index (χ0v) is 15.7. The van der Waals surface area contributed by atoms with Crippen LogP contribution in [0, 0.1) is 5.92 Å². The Kier molecular flexibility index (Phi) is 4.79. The van der Waals surface area contributed by atoms with E-state index in [1.807, 2.05) is 0 Å². The van der Waals surface area contributed by atoms with Crippen LogP contribution < -0.4 is 5.32 Å².